The molecule has 0 heterocycles. The van der Waals surface area contributed by atoms with Gasteiger partial charge < -0.3 is 10.0 Å². The van der Waals surface area contributed by atoms with Crippen LogP contribution in [0.5, 0.6) is 0 Å². The van der Waals surface area contributed by atoms with Gasteiger partial charge in [-0.25, -0.2) is 0 Å². The largest absolute Gasteiger partial charge is 0.489 e. The van der Waals surface area contributed by atoms with E-state index in [-0.39, 0.29) is 0 Å². The third-order valence-electron chi connectivity index (χ3n) is 22.8. The molecule has 0 aliphatic carbocycles. The van der Waals surface area contributed by atoms with Crippen molar-refractivity contribution in [2.24, 2.45) is 0 Å². The van der Waals surface area contributed by atoms with E-state index >= 15 is 0 Å². The number of halogens is 1. The maximum absolute atomic E-state index is 10.2. The quantitative estimate of drug-likeness (QED) is 0.0904. The average Bonchev–Trinajstić information content (AvgIpc) is 0.728. The highest BCUT2D eigenvalue weighted by atomic mass is 79.9. The lowest BCUT2D eigenvalue weighted by Gasteiger charge is -2.19. The minimum atomic E-state index is -1.54. The van der Waals surface area contributed by atoms with E-state index in [9.17, 15) is 10.0 Å². The molecular weight excluding hydrogens is 1420 g/mol. The van der Waals surface area contributed by atoms with Crippen LogP contribution in [0.15, 0.2) is 417 Å². The summed E-state index contributed by atoms with van der Waals surface area (Å²) in [6.07, 6.45) is 0. The fourth-order valence-electron chi connectivity index (χ4n) is 17.6. The zero-order valence-corrected chi connectivity index (χ0v) is 62.7. The molecule has 4 heteroatoms. The Morgan fingerprint density at radius 1 is 0.161 bits per heavy atom. The van der Waals surface area contributed by atoms with E-state index in [0.717, 1.165) is 42.7 Å². The summed E-state index contributed by atoms with van der Waals surface area (Å²) in [6.45, 7) is 0. The van der Waals surface area contributed by atoms with Crippen LogP contribution < -0.4 is 5.46 Å². The van der Waals surface area contributed by atoms with Crippen LogP contribution in [0.25, 0.3) is 207 Å². The molecule has 0 atom stereocenters. The summed E-state index contributed by atoms with van der Waals surface area (Å²) in [6, 6.07) is 148. The van der Waals surface area contributed by atoms with Crippen LogP contribution in [0.4, 0.5) is 0 Å². The Labute approximate surface area is 657 Å². The predicted molar refractivity (Wildman–Crippen MR) is 485 cm³/mol. The molecule has 112 heavy (non-hydrogen) atoms. The smallest absolute Gasteiger partial charge is 0.423 e. The Morgan fingerprint density at radius 2 is 0.429 bits per heavy atom. The van der Waals surface area contributed by atoms with E-state index in [2.05, 4.69) is 392 Å². The molecule has 22 aromatic rings. The van der Waals surface area contributed by atoms with E-state index < -0.39 is 7.12 Å². The normalized spacial score (nSPS) is 11.5. The van der Waals surface area contributed by atoms with Crippen molar-refractivity contribution in [3.8, 4) is 77.9 Å². The predicted octanol–water partition coefficient (Wildman–Crippen LogP) is 29.0. The first-order valence-corrected chi connectivity index (χ1v) is 39.0. The van der Waals surface area contributed by atoms with Crippen molar-refractivity contribution < 1.29 is 10.0 Å². The molecule has 2 nitrogen and oxygen atoms in total. The van der Waals surface area contributed by atoms with Crippen molar-refractivity contribution >= 4 is 158 Å². The van der Waals surface area contributed by atoms with Crippen molar-refractivity contribution in [2.75, 3.05) is 0 Å². The highest BCUT2D eigenvalue weighted by Crippen LogP contribution is 2.47. The van der Waals surface area contributed by atoms with Gasteiger partial charge in [0.1, 0.15) is 0 Å². The van der Waals surface area contributed by atoms with Crippen molar-refractivity contribution in [1.82, 2.24) is 0 Å². The first-order valence-electron chi connectivity index (χ1n) is 38.2. The Balaban J connectivity index is 0.000000120. The molecule has 0 radical (unpaired) electrons. The Bertz CT molecular complexity index is 7410. The summed E-state index contributed by atoms with van der Waals surface area (Å²) < 4.78 is 1.12. The minimum absolute atomic E-state index is 0.552. The maximum atomic E-state index is 10.2. The topological polar surface area (TPSA) is 40.5 Å². The van der Waals surface area contributed by atoms with Gasteiger partial charge in [-0.15, -0.1) is 0 Å². The molecule has 0 unspecified atom stereocenters. The Hall–Kier alpha value is -13.6. The number of hydrogen-bond acceptors (Lipinski definition) is 2. The van der Waals surface area contributed by atoms with Crippen LogP contribution in [0.1, 0.15) is 0 Å². The number of hydrogen-bond donors (Lipinski definition) is 2. The fraction of sp³-hybridized carbons (Fsp3) is 0. The van der Waals surface area contributed by atoms with Gasteiger partial charge in [0.25, 0.3) is 0 Å². The lowest BCUT2D eigenvalue weighted by molar-refractivity contribution is 0.426. The molecule has 22 rings (SSSR count). The third-order valence-corrected chi connectivity index (χ3v) is 23.3. The molecule has 0 fully saturated rings. The second kappa shape index (κ2) is 28.8. The van der Waals surface area contributed by atoms with E-state index in [0.29, 0.717) is 5.46 Å². The van der Waals surface area contributed by atoms with Crippen LogP contribution in [0.3, 0.4) is 0 Å². The summed E-state index contributed by atoms with van der Waals surface area (Å²) in [4.78, 5) is 0. The van der Waals surface area contributed by atoms with Crippen LogP contribution in [0, 0.1) is 0 Å². The summed E-state index contributed by atoms with van der Waals surface area (Å²) >= 11 is 3.55. The second-order valence-corrected chi connectivity index (χ2v) is 30.1. The van der Waals surface area contributed by atoms with Gasteiger partial charge in [0.2, 0.25) is 0 Å². The molecule has 524 valence electrons. The molecule has 0 aliphatic rings. The molecular formula is C108H70BBrO2. The molecule has 0 spiro atoms. The SMILES string of the molecule is Brc1ccc2cc(-c3cccc4c3ccc3ccccc34)ccc2c1.OB(O)c1c2ccccc2c(-c2cccc(-c3ccc4ccccc4c3)c2)c2ccccc12.c1cc(-c2cccc3ccccc23)cc(-c2c3ccccc3c(-c3ccc4cc(-c5cccc6c5ccc5ccccc56)ccc4c3)c3ccccc23)c1. The van der Waals surface area contributed by atoms with E-state index in [1.165, 1.54) is 169 Å². The fourth-order valence-corrected chi connectivity index (χ4v) is 18.0. The molecule has 0 amide bonds. The molecule has 0 aliphatic heterocycles. The van der Waals surface area contributed by atoms with Gasteiger partial charge in [-0.3, -0.25) is 0 Å². The first-order chi connectivity index (χ1) is 55.3. The molecule has 0 saturated heterocycles. The second-order valence-electron chi connectivity index (χ2n) is 29.2. The lowest BCUT2D eigenvalue weighted by atomic mass is 9.72. The standard InChI is InChI=1S/C54H34.C30H21BO2.C24H15Br/c1-3-17-43-35(12-1)14-10-23-45(43)39-15-9-16-41(34-39)53-49-19-5-7-21-51(49)54(52-22-8-6-20-50(52)53)42-29-27-37-32-40(28-26-38(37)33-42)46-24-11-25-47-44-18-4-2-13-36(44)30-31-48(46)47;32-31(33)30-27-14-5-3-12-25(27)29(26-13-4-6-15-28(26)30)24-11-7-10-22(19-24)23-17-16-20-8-1-2-9-21(20)18-23;25-20-12-10-17-14-19(9-8-18(17)15-20)22-6-3-7-23-21-5-2-1-4-16(21)11-13-24(22)23/h1-34H;1-19,32-33H;1-15H. The highest BCUT2D eigenvalue weighted by Gasteiger charge is 2.24. The molecule has 2 N–H and O–H groups in total. The number of benzene rings is 22. The van der Waals surface area contributed by atoms with Crippen molar-refractivity contribution in [3.05, 3.63) is 417 Å². The average molecular weight is 1490 g/mol. The first kappa shape index (κ1) is 67.8. The van der Waals surface area contributed by atoms with Crippen LogP contribution in [-0.4, -0.2) is 17.2 Å². The minimum Gasteiger partial charge on any atom is -0.423 e. The zero-order valence-electron chi connectivity index (χ0n) is 61.1. The van der Waals surface area contributed by atoms with Crippen molar-refractivity contribution in [2.45, 2.75) is 0 Å². The molecule has 0 saturated carbocycles. The van der Waals surface area contributed by atoms with Gasteiger partial charge in [-0.05, 0) is 261 Å². The van der Waals surface area contributed by atoms with Gasteiger partial charge >= 0.3 is 7.12 Å². The zero-order chi connectivity index (χ0) is 74.8. The van der Waals surface area contributed by atoms with Gasteiger partial charge in [0.05, 0.1) is 0 Å². The van der Waals surface area contributed by atoms with E-state index in [1.807, 2.05) is 36.4 Å². The monoisotopic (exact) mass is 1490 g/mol. The summed E-state index contributed by atoms with van der Waals surface area (Å²) in [5, 5.41) is 49.6. The van der Waals surface area contributed by atoms with Gasteiger partial charge in [0, 0.05) is 4.47 Å². The highest BCUT2D eigenvalue weighted by molar-refractivity contribution is 9.10. The molecule has 22 aromatic carbocycles. The van der Waals surface area contributed by atoms with Crippen molar-refractivity contribution in [3.63, 3.8) is 0 Å². The van der Waals surface area contributed by atoms with Gasteiger partial charge in [-0.2, -0.15) is 0 Å². The summed E-state index contributed by atoms with van der Waals surface area (Å²) in [5.74, 6) is 0. The van der Waals surface area contributed by atoms with Crippen molar-refractivity contribution in [1.29, 1.82) is 0 Å². The Morgan fingerprint density at radius 3 is 0.938 bits per heavy atom. The van der Waals surface area contributed by atoms with E-state index in [4.69, 9.17) is 0 Å². The van der Waals surface area contributed by atoms with Crippen LogP contribution in [-0.2, 0) is 0 Å². The van der Waals surface area contributed by atoms with Gasteiger partial charge in [0.15, 0.2) is 0 Å². The third kappa shape index (κ3) is 12.3. The van der Waals surface area contributed by atoms with E-state index in [1.54, 1.807) is 0 Å². The maximum Gasteiger partial charge on any atom is 0.489 e. The van der Waals surface area contributed by atoms with Gasteiger partial charge in [-0.1, -0.05) is 380 Å². The summed E-state index contributed by atoms with van der Waals surface area (Å²) in [7, 11) is -1.54. The molecule has 0 bridgehead atoms. The van der Waals surface area contributed by atoms with Crippen LogP contribution in [0.2, 0.25) is 0 Å². The number of rotatable bonds is 8. The molecule has 0 aromatic heterocycles. The number of fused-ring (bicyclic) bond motifs is 14. The summed E-state index contributed by atoms with van der Waals surface area (Å²) in [5.41, 5.74) is 17.6. The Kier molecular flexibility index (Phi) is 17.4. The lowest BCUT2D eigenvalue weighted by Crippen LogP contribution is -2.31. The van der Waals surface area contributed by atoms with Crippen LogP contribution >= 0.6 is 15.9 Å².